The van der Waals surface area contributed by atoms with Crippen LogP contribution in [0.4, 0.5) is 0 Å². The lowest BCUT2D eigenvalue weighted by molar-refractivity contribution is 0.135. The Kier molecular flexibility index (Phi) is 6.17. The summed E-state index contributed by atoms with van der Waals surface area (Å²) in [4.78, 5) is 0. The van der Waals surface area contributed by atoms with Gasteiger partial charge in [0.2, 0.25) is 0 Å². The van der Waals surface area contributed by atoms with Crippen molar-refractivity contribution in [1.29, 1.82) is 0 Å². The molecule has 1 unspecified atom stereocenters. The maximum absolute atomic E-state index is 5.82. The lowest BCUT2D eigenvalue weighted by Gasteiger charge is -2.15. The molecule has 0 saturated heterocycles. The van der Waals surface area contributed by atoms with E-state index in [9.17, 15) is 0 Å². The second-order valence-electron chi connectivity index (χ2n) is 3.60. The minimum Gasteiger partial charge on any atom is -0.491 e. The summed E-state index contributed by atoms with van der Waals surface area (Å²) in [6.07, 6.45) is 1.02. The first-order valence-electron chi connectivity index (χ1n) is 5.17. The van der Waals surface area contributed by atoms with Crippen LogP contribution in [-0.2, 0) is 10.6 Å². The Morgan fingerprint density at radius 1 is 1.44 bits per heavy atom. The minimum atomic E-state index is 0.143. The van der Waals surface area contributed by atoms with Gasteiger partial charge in [-0.3, -0.25) is 0 Å². The first-order chi connectivity index (χ1) is 7.67. The molecule has 4 heteroatoms. The van der Waals surface area contributed by atoms with Crippen LogP contribution in [0.5, 0.6) is 5.75 Å². The highest BCUT2D eigenvalue weighted by atomic mass is 79.9. The normalized spacial score (nSPS) is 12.5. The van der Waals surface area contributed by atoms with Crippen LogP contribution in [0.1, 0.15) is 18.9 Å². The highest BCUT2D eigenvalue weighted by molar-refractivity contribution is 9.10. The SMILES string of the molecule is COCCC(C)Oc1ccc(Br)c(CCl)c1. The molecule has 0 radical (unpaired) electrons. The molecule has 1 rings (SSSR count). The molecule has 0 spiro atoms. The largest absolute Gasteiger partial charge is 0.491 e. The van der Waals surface area contributed by atoms with Gasteiger partial charge in [0.05, 0.1) is 6.10 Å². The zero-order valence-electron chi connectivity index (χ0n) is 9.50. The number of ether oxygens (including phenoxy) is 2. The molecule has 0 aliphatic rings. The van der Waals surface area contributed by atoms with Crippen LogP contribution in [0.25, 0.3) is 0 Å². The summed E-state index contributed by atoms with van der Waals surface area (Å²) < 4.78 is 11.8. The van der Waals surface area contributed by atoms with E-state index in [0.717, 1.165) is 22.2 Å². The number of rotatable bonds is 6. The Bertz CT molecular complexity index is 331. The number of halogens is 2. The molecule has 0 aliphatic heterocycles. The van der Waals surface area contributed by atoms with E-state index in [2.05, 4.69) is 15.9 Å². The summed E-state index contributed by atoms with van der Waals surface area (Å²) in [5, 5.41) is 0. The van der Waals surface area contributed by atoms with Gasteiger partial charge in [-0.25, -0.2) is 0 Å². The van der Waals surface area contributed by atoms with E-state index >= 15 is 0 Å². The zero-order valence-corrected chi connectivity index (χ0v) is 11.8. The van der Waals surface area contributed by atoms with Crippen LogP contribution in [0.2, 0.25) is 0 Å². The molecule has 0 bridgehead atoms. The van der Waals surface area contributed by atoms with Crippen LogP contribution in [0, 0.1) is 0 Å². The monoisotopic (exact) mass is 306 g/mol. The van der Waals surface area contributed by atoms with Gasteiger partial charge < -0.3 is 9.47 Å². The highest BCUT2D eigenvalue weighted by Gasteiger charge is 2.06. The van der Waals surface area contributed by atoms with E-state index in [1.165, 1.54) is 0 Å². The minimum absolute atomic E-state index is 0.143. The van der Waals surface area contributed by atoms with Gasteiger partial charge in [0.25, 0.3) is 0 Å². The molecule has 0 aliphatic carbocycles. The quantitative estimate of drug-likeness (QED) is 0.740. The van der Waals surface area contributed by atoms with Gasteiger partial charge in [-0.2, -0.15) is 0 Å². The molecule has 0 fully saturated rings. The summed E-state index contributed by atoms with van der Waals surface area (Å²) in [5.41, 5.74) is 1.04. The summed E-state index contributed by atoms with van der Waals surface area (Å²) >= 11 is 9.26. The van der Waals surface area contributed by atoms with Gasteiger partial charge in [0.15, 0.2) is 0 Å². The topological polar surface area (TPSA) is 18.5 Å². The lowest BCUT2D eigenvalue weighted by atomic mass is 10.2. The van der Waals surface area contributed by atoms with Crippen LogP contribution in [0.15, 0.2) is 22.7 Å². The summed E-state index contributed by atoms with van der Waals surface area (Å²) in [6, 6.07) is 5.85. The average Bonchev–Trinajstić information content (AvgIpc) is 2.29. The zero-order chi connectivity index (χ0) is 12.0. The van der Waals surface area contributed by atoms with Crippen molar-refractivity contribution in [3.05, 3.63) is 28.2 Å². The average molecular weight is 308 g/mol. The van der Waals surface area contributed by atoms with Crippen molar-refractivity contribution in [2.24, 2.45) is 0 Å². The van der Waals surface area contributed by atoms with Gasteiger partial charge >= 0.3 is 0 Å². The first kappa shape index (κ1) is 13.8. The van der Waals surface area contributed by atoms with Gasteiger partial charge in [0, 0.05) is 30.5 Å². The predicted octanol–water partition coefficient (Wildman–Crippen LogP) is 3.99. The molecule has 0 heterocycles. The first-order valence-corrected chi connectivity index (χ1v) is 6.50. The van der Waals surface area contributed by atoms with Crippen LogP contribution in [-0.4, -0.2) is 19.8 Å². The number of alkyl halides is 1. The Balaban J connectivity index is 2.59. The van der Waals surface area contributed by atoms with E-state index in [1.54, 1.807) is 7.11 Å². The number of hydrogen-bond acceptors (Lipinski definition) is 2. The molecular weight excluding hydrogens is 291 g/mol. The van der Waals surface area contributed by atoms with Crippen LogP contribution in [0.3, 0.4) is 0 Å². The fourth-order valence-electron chi connectivity index (χ4n) is 1.30. The van der Waals surface area contributed by atoms with Gasteiger partial charge in [-0.05, 0) is 30.7 Å². The molecule has 0 aromatic heterocycles. The van der Waals surface area contributed by atoms with Gasteiger partial charge in [-0.15, -0.1) is 11.6 Å². The Hall–Kier alpha value is -0.250. The molecule has 0 amide bonds. The molecule has 16 heavy (non-hydrogen) atoms. The third kappa shape index (κ3) is 4.32. The van der Waals surface area contributed by atoms with E-state index in [4.69, 9.17) is 21.1 Å². The number of hydrogen-bond donors (Lipinski definition) is 0. The second-order valence-corrected chi connectivity index (χ2v) is 4.72. The molecule has 0 saturated carbocycles. The highest BCUT2D eigenvalue weighted by Crippen LogP contribution is 2.24. The van der Waals surface area contributed by atoms with E-state index in [0.29, 0.717) is 12.5 Å². The molecular formula is C12H16BrClO2. The molecule has 90 valence electrons. The molecule has 0 N–H and O–H groups in total. The summed E-state index contributed by atoms with van der Waals surface area (Å²) in [6.45, 7) is 2.74. The van der Waals surface area contributed by atoms with Crippen molar-refractivity contribution in [1.82, 2.24) is 0 Å². The van der Waals surface area contributed by atoms with Crippen LogP contribution < -0.4 is 4.74 Å². The predicted molar refractivity (Wildman–Crippen MR) is 70.3 cm³/mol. The van der Waals surface area contributed by atoms with Crippen molar-refractivity contribution >= 4 is 27.5 Å². The van der Waals surface area contributed by atoms with E-state index in [1.807, 2.05) is 25.1 Å². The fraction of sp³-hybridized carbons (Fsp3) is 0.500. The Morgan fingerprint density at radius 3 is 2.81 bits per heavy atom. The van der Waals surface area contributed by atoms with Crippen molar-refractivity contribution in [3.8, 4) is 5.75 Å². The molecule has 1 atom stereocenters. The van der Waals surface area contributed by atoms with Crippen molar-refractivity contribution in [3.63, 3.8) is 0 Å². The number of benzene rings is 1. The van der Waals surface area contributed by atoms with Gasteiger partial charge in [-0.1, -0.05) is 15.9 Å². The third-order valence-electron chi connectivity index (χ3n) is 2.23. The third-order valence-corrected chi connectivity index (χ3v) is 3.29. The Morgan fingerprint density at radius 2 is 2.19 bits per heavy atom. The maximum Gasteiger partial charge on any atom is 0.120 e. The molecule has 1 aromatic carbocycles. The fourth-order valence-corrected chi connectivity index (χ4v) is 2.07. The smallest absolute Gasteiger partial charge is 0.120 e. The van der Waals surface area contributed by atoms with Crippen molar-refractivity contribution in [2.45, 2.75) is 25.3 Å². The Labute approximate surface area is 110 Å². The molecule has 2 nitrogen and oxygen atoms in total. The standard InChI is InChI=1S/C12H16BrClO2/c1-9(5-6-15-2)16-11-3-4-12(13)10(7-11)8-14/h3-4,7,9H,5-6,8H2,1-2H3. The van der Waals surface area contributed by atoms with Crippen molar-refractivity contribution in [2.75, 3.05) is 13.7 Å². The lowest BCUT2D eigenvalue weighted by Crippen LogP contribution is -2.14. The summed E-state index contributed by atoms with van der Waals surface area (Å²) in [7, 11) is 1.69. The van der Waals surface area contributed by atoms with E-state index in [-0.39, 0.29) is 6.10 Å². The van der Waals surface area contributed by atoms with Gasteiger partial charge in [0.1, 0.15) is 5.75 Å². The summed E-state index contributed by atoms with van der Waals surface area (Å²) in [5.74, 6) is 1.33. The second kappa shape index (κ2) is 7.15. The van der Waals surface area contributed by atoms with Crippen molar-refractivity contribution < 1.29 is 9.47 Å². The number of methoxy groups -OCH3 is 1. The van der Waals surface area contributed by atoms with E-state index < -0.39 is 0 Å². The maximum atomic E-state index is 5.82. The van der Waals surface area contributed by atoms with Crippen LogP contribution >= 0.6 is 27.5 Å². The molecule has 1 aromatic rings.